The highest BCUT2D eigenvalue weighted by atomic mass is 31.1. The fraction of sp³-hybridized carbons (Fsp3) is 0.0909. The van der Waals surface area contributed by atoms with E-state index in [1.807, 2.05) is 0 Å². The van der Waals surface area contributed by atoms with Crippen molar-refractivity contribution >= 4 is 13.9 Å². The smallest absolute Gasteiger partial charge is 0.00769 e. The van der Waals surface area contributed by atoms with Crippen LogP contribution in [0.3, 0.4) is 0 Å². The summed E-state index contributed by atoms with van der Waals surface area (Å²) in [6.45, 7) is 2.16. The topological polar surface area (TPSA) is 0 Å². The second-order valence-corrected chi connectivity index (χ2v) is 3.88. The van der Waals surface area contributed by atoms with E-state index in [1.165, 1.54) is 25.0 Å². The lowest BCUT2D eigenvalue weighted by molar-refractivity contribution is 1.44. The zero-order valence-electron chi connectivity index (χ0n) is 6.99. The molecule has 0 atom stereocenters. The fourth-order valence-electron chi connectivity index (χ4n) is 1.32. The van der Waals surface area contributed by atoms with Crippen LogP contribution in [0.5, 0.6) is 0 Å². The number of hydrogen-bond donors (Lipinski definition) is 0. The molecule has 0 fully saturated rings. The summed E-state index contributed by atoms with van der Waals surface area (Å²) in [5.74, 6) is 2.17. The molecule has 59 valence electrons. The molecule has 1 radical (unpaired) electrons. The highest BCUT2D eigenvalue weighted by Gasteiger charge is 2.04. The van der Waals surface area contributed by atoms with Crippen molar-refractivity contribution in [3.8, 4) is 0 Å². The molecular formula is C11H10P. The van der Waals surface area contributed by atoms with Crippen LogP contribution in [0.1, 0.15) is 11.1 Å². The lowest BCUT2D eigenvalue weighted by Crippen LogP contribution is -1.81. The monoisotopic (exact) mass is 173 g/mol. The van der Waals surface area contributed by atoms with Gasteiger partial charge < -0.3 is 0 Å². The van der Waals surface area contributed by atoms with Gasteiger partial charge in [-0.3, -0.25) is 0 Å². The van der Waals surface area contributed by atoms with Crippen LogP contribution in [-0.4, -0.2) is 0 Å². The Bertz CT molecular complexity index is 348. The van der Waals surface area contributed by atoms with Crippen LogP contribution in [0, 0.1) is 6.92 Å². The zero-order valence-corrected chi connectivity index (χ0v) is 7.88. The van der Waals surface area contributed by atoms with Crippen molar-refractivity contribution in [2.24, 2.45) is 0 Å². The Morgan fingerprint density at radius 1 is 1.17 bits per heavy atom. The van der Waals surface area contributed by atoms with Gasteiger partial charge in [0.2, 0.25) is 0 Å². The van der Waals surface area contributed by atoms with Gasteiger partial charge in [0, 0.05) is 0 Å². The molecule has 1 aromatic rings. The first-order chi connectivity index (χ1) is 5.88. The van der Waals surface area contributed by atoms with Crippen LogP contribution >= 0.6 is 8.58 Å². The molecule has 0 saturated carbocycles. The Balaban J connectivity index is 2.40. The Labute approximate surface area is 74.8 Å². The van der Waals surface area contributed by atoms with E-state index in [-0.39, 0.29) is 0 Å². The summed E-state index contributed by atoms with van der Waals surface area (Å²) in [5.41, 5.74) is 2.74. The number of rotatable bonds is 1. The van der Waals surface area contributed by atoms with Gasteiger partial charge in [0.15, 0.2) is 0 Å². The lowest BCUT2D eigenvalue weighted by Gasteiger charge is -2.04. The molecule has 12 heavy (non-hydrogen) atoms. The molecule has 0 aliphatic carbocycles. The molecule has 1 aliphatic heterocycles. The Hall–Kier alpha value is -0.870. The summed E-state index contributed by atoms with van der Waals surface area (Å²) in [6.07, 6.45) is 4.30. The van der Waals surface area contributed by atoms with E-state index in [0.717, 1.165) is 0 Å². The van der Waals surface area contributed by atoms with Gasteiger partial charge in [-0.2, -0.15) is 0 Å². The van der Waals surface area contributed by atoms with Crippen molar-refractivity contribution in [1.29, 1.82) is 0 Å². The third-order valence-corrected chi connectivity index (χ3v) is 2.96. The minimum absolute atomic E-state index is 1.32. The minimum atomic E-state index is 1.32. The number of hydrogen-bond acceptors (Lipinski definition) is 0. The normalized spacial score (nSPS) is 16.9. The average Bonchev–Trinajstić information content (AvgIpc) is 2.57. The minimum Gasteiger partial charge on any atom is -0.0620 e. The fourth-order valence-corrected chi connectivity index (χ4v) is 2.22. The summed E-state index contributed by atoms with van der Waals surface area (Å²) < 4.78 is 0. The van der Waals surface area contributed by atoms with Crippen LogP contribution in [0.25, 0.3) is 5.31 Å². The van der Waals surface area contributed by atoms with Gasteiger partial charge in [-0.1, -0.05) is 42.2 Å². The zero-order chi connectivity index (χ0) is 8.39. The van der Waals surface area contributed by atoms with Crippen molar-refractivity contribution < 1.29 is 0 Å². The molecule has 0 unspecified atom stereocenters. The first kappa shape index (κ1) is 7.76. The maximum absolute atomic E-state index is 2.18. The van der Waals surface area contributed by atoms with Gasteiger partial charge in [0.1, 0.15) is 0 Å². The van der Waals surface area contributed by atoms with E-state index in [9.17, 15) is 0 Å². The standard InChI is InChI=1S/C11H10P/c1-9-5-2-3-6-10(9)11-7-4-8-12-11/h2-8H,1H3. The number of allylic oxidation sites excluding steroid dienone is 2. The van der Waals surface area contributed by atoms with Crippen LogP contribution < -0.4 is 0 Å². The Morgan fingerprint density at radius 2 is 2.00 bits per heavy atom. The SMILES string of the molecule is Cc1ccccc1C1=CC=C[P]1. The Morgan fingerprint density at radius 3 is 2.67 bits per heavy atom. The quantitative estimate of drug-likeness (QED) is 0.566. The summed E-state index contributed by atoms with van der Waals surface area (Å²) in [6, 6.07) is 8.51. The molecule has 1 aromatic carbocycles. The number of benzene rings is 1. The average molecular weight is 173 g/mol. The van der Waals surface area contributed by atoms with Crippen LogP contribution in [0.15, 0.2) is 42.2 Å². The third-order valence-electron chi connectivity index (χ3n) is 1.97. The van der Waals surface area contributed by atoms with Crippen molar-refractivity contribution in [3.63, 3.8) is 0 Å². The largest absolute Gasteiger partial charge is 0.0620 e. The number of aryl methyl sites for hydroxylation is 1. The molecular weight excluding hydrogens is 163 g/mol. The molecule has 0 bridgehead atoms. The summed E-state index contributed by atoms with van der Waals surface area (Å²) in [7, 11) is 1.32. The van der Waals surface area contributed by atoms with Gasteiger partial charge in [-0.25, -0.2) is 0 Å². The summed E-state index contributed by atoms with van der Waals surface area (Å²) >= 11 is 0. The molecule has 1 aliphatic rings. The van der Waals surface area contributed by atoms with Crippen molar-refractivity contribution in [2.75, 3.05) is 0 Å². The predicted octanol–water partition coefficient (Wildman–Crippen LogP) is 3.81. The second kappa shape index (κ2) is 3.25. The molecule has 1 heteroatoms. The van der Waals surface area contributed by atoms with Crippen LogP contribution in [0.2, 0.25) is 0 Å². The van der Waals surface area contributed by atoms with Crippen LogP contribution in [0.4, 0.5) is 0 Å². The van der Waals surface area contributed by atoms with Crippen molar-refractivity contribution in [3.05, 3.63) is 53.4 Å². The van der Waals surface area contributed by atoms with Gasteiger partial charge in [-0.05, 0) is 31.9 Å². The molecule has 0 aromatic heterocycles. The molecule has 0 nitrogen and oxygen atoms in total. The highest BCUT2D eigenvalue weighted by molar-refractivity contribution is 7.54. The maximum Gasteiger partial charge on any atom is -0.00769 e. The van der Waals surface area contributed by atoms with Gasteiger partial charge >= 0.3 is 0 Å². The summed E-state index contributed by atoms with van der Waals surface area (Å²) in [5, 5.41) is 1.41. The molecule has 1 heterocycles. The van der Waals surface area contributed by atoms with Gasteiger partial charge in [0.05, 0.1) is 0 Å². The molecule has 0 amide bonds. The van der Waals surface area contributed by atoms with E-state index in [2.05, 4.69) is 49.2 Å². The second-order valence-electron chi connectivity index (χ2n) is 2.84. The molecule has 0 spiro atoms. The molecule has 2 rings (SSSR count). The highest BCUT2D eigenvalue weighted by Crippen LogP contribution is 2.39. The van der Waals surface area contributed by atoms with Crippen molar-refractivity contribution in [1.82, 2.24) is 0 Å². The molecule has 0 saturated heterocycles. The lowest BCUT2D eigenvalue weighted by atomic mass is 10.1. The maximum atomic E-state index is 2.18. The first-order valence-electron chi connectivity index (χ1n) is 4.01. The predicted molar refractivity (Wildman–Crippen MR) is 55.2 cm³/mol. The van der Waals surface area contributed by atoms with E-state index in [1.54, 1.807) is 0 Å². The van der Waals surface area contributed by atoms with Gasteiger partial charge in [-0.15, -0.1) is 0 Å². The van der Waals surface area contributed by atoms with E-state index >= 15 is 0 Å². The van der Waals surface area contributed by atoms with E-state index < -0.39 is 0 Å². The van der Waals surface area contributed by atoms with Gasteiger partial charge in [0.25, 0.3) is 0 Å². The van der Waals surface area contributed by atoms with Crippen LogP contribution in [-0.2, 0) is 0 Å². The van der Waals surface area contributed by atoms with E-state index in [4.69, 9.17) is 0 Å². The molecule has 0 N–H and O–H groups in total. The summed E-state index contributed by atoms with van der Waals surface area (Å²) in [4.78, 5) is 0. The van der Waals surface area contributed by atoms with Crippen molar-refractivity contribution in [2.45, 2.75) is 6.92 Å². The first-order valence-corrected chi connectivity index (χ1v) is 4.98. The third kappa shape index (κ3) is 1.35. The Kier molecular flexibility index (Phi) is 2.10. The van der Waals surface area contributed by atoms with E-state index in [0.29, 0.717) is 0 Å².